The largest absolute Gasteiger partial charge is 0.493 e. The van der Waals surface area contributed by atoms with E-state index in [4.69, 9.17) is 9.47 Å². The molecule has 0 aliphatic rings. The summed E-state index contributed by atoms with van der Waals surface area (Å²) in [5.74, 6) is -1.33. The van der Waals surface area contributed by atoms with Gasteiger partial charge in [0.1, 0.15) is 11.3 Å². The Labute approximate surface area is 141 Å². The number of hydrogen-bond donors (Lipinski definition) is 2. The van der Waals surface area contributed by atoms with E-state index in [1.54, 1.807) is 12.1 Å². The van der Waals surface area contributed by atoms with Gasteiger partial charge in [0.25, 0.3) is 17.5 Å². The minimum absolute atomic E-state index is 0.0737. The van der Waals surface area contributed by atoms with Crippen LogP contribution in [0.3, 0.4) is 0 Å². The van der Waals surface area contributed by atoms with Crippen molar-refractivity contribution in [2.75, 3.05) is 14.2 Å². The van der Waals surface area contributed by atoms with Crippen LogP contribution in [0, 0.1) is 10.1 Å². The highest BCUT2D eigenvalue weighted by atomic mass is 16.6. The van der Waals surface area contributed by atoms with Crippen LogP contribution in [0.2, 0.25) is 0 Å². The lowest BCUT2D eigenvalue weighted by atomic mass is 10.1. The second kappa shape index (κ2) is 7.73. The van der Waals surface area contributed by atoms with E-state index in [0.29, 0.717) is 0 Å². The Morgan fingerprint density at radius 3 is 2.28 bits per heavy atom. The maximum absolute atomic E-state index is 12.2. The number of nitro benzene ring substituents is 1. The molecule has 1 heterocycles. The van der Waals surface area contributed by atoms with Gasteiger partial charge in [-0.1, -0.05) is 6.07 Å². The summed E-state index contributed by atoms with van der Waals surface area (Å²) in [5, 5.41) is 11.2. The summed E-state index contributed by atoms with van der Waals surface area (Å²) in [6, 6.07) is 6.89. The van der Waals surface area contributed by atoms with Crippen LogP contribution in [-0.4, -0.2) is 35.9 Å². The first-order valence-electron chi connectivity index (χ1n) is 6.90. The summed E-state index contributed by atoms with van der Waals surface area (Å²) < 4.78 is 10.0. The zero-order valence-corrected chi connectivity index (χ0v) is 13.3. The molecule has 0 unspecified atom stereocenters. The van der Waals surface area contributed by atoms with E-state index in [1.807, 2.05) is 0 Å². The molecule has 0 atom stereocenters. The third-order valence-electron chi connectivity index (χ3n) is 3.13. The number of carbonyl (C=O) groups is 2. The highest BCUT2D eigenvalue weighted by molar-refractivity contribution is 6.01. The minimum atomic E-state index is -0.892. The summed E-state index contributed by atoms with van der Waals surface area (Å²) in [6.07, 6.45) is 1.41. The molecular formula is C15H14N4O6. The van der Waals surface area contributed by atoms with Gasteiger partial charge in [-0.3, -0.25) is 35.5 Å². The Morgan fingerprint density at radius 1 is 1.08 bits per heavy atom. The molecule has 0 radical (unpaired) electrons. The lowest BCUT2D eigenvalue weighted by Gasteiger charge is -2.11. The second-order valence-electron chi connectivity index (χ2n) is 4.60. The van der Waals surface area contributed by atoms with Crippen LogP contribution in [0.4, 0.5) is 5.69 Å². The zero-order chi connectivity index (χ0) is 18.4. The lowest BCUT2D eigenvalue weighted by molar-refractivity contribution is -0.385. The smallest absolute Gasteiger partial charge is 0.288 e. The second-order valence-corrected chi connectivity index (χ2v) is 4.60. The average molecular weight is 346 g/mol. The molecule has 10 nitrogen and oxygen atoms in total. The van der Waals surface area contributed by atoms with E-state index in [1.165, 1.54) is 26.5 Å². The van der Waals surface area contributed by atoms with Crippen LogP contribution in [0.1, 0.15) is 20.8 Å². The fraction of sp³-hybridized carbons (Fsp3) is 0.133. The van der Waals surface area contributed by atoms with Crippen LogP contribution >= 0.6 is 0 Å². The van der Waals surface area contributed by atoms with Crippen molar-refractivity contribution < 1.29 is 24.0 Å². The highest BCUT2D eigenvalue weighted by Crippen LogP contribution is 2.34. The number of pyridine rings is 1. The number of carbonyl (C=O) groups excluding carboxylic acids is 2. The third-order valence-corrected chi connectivity index (χ3v) is 3.13. The van der Waals surface area contributed by atoms with Crippen LogP contribution < -0.4 is 20.3 Å². The van der Waals surface area contributed by atoms with Crippen molar-refractivity contribution in [2.45, 2.75) is 0 Å². The van der Waals surface area contributed by atoms with E-state index < -0.39 is 22.4 Å². The first-order chi connectivity index (χ1) is 12.0. The first kappa shape index (κ1) is 17.7. The molecule has 2 N–H and O–H groups in total. The fourth-order valence-corrected chi connectivity index (χ4v) is 1.94. The standard InChI is InChI=1S/C15H14N4O6/c1-24-12-7-9(11(19(22)23)8-13(12)25-2)14(20)17-18-15(21)10-5-3-4-6-16-10/h3-8H,1-2H3,(H,17,20)(H,18,21). The number of ether oxygens (including phenoxy) is 2. The van der Waals surface area contributed by atoms with Crippen molar-refractivity contribution in [3.63, 3.8) is 0 Å². The van der Waals surface area contributed by atoms with Crippen molar-refractivity contribution in [3.8, 4) is 11.5 Å². The SMILES string of the molecule is COc1cc(C(=O)NNC(=O)c2ccccn2)c([N+](=O)[O-])cc1OC. The van der Waals surface area contributed by atoms with Gasteiger partial charge < -0.3 is 9.47 Å². The minimum Gasteiger partial charge on any atom is -0.493 e. The number of hydrogen-bond acceptors (Lipinski definition) is 7. The molecular weight excluding hydrogens is 332 g/mol. The van der Waals surface area contributed by atoms with Crippen molar-refractivity contribution >= 4 is 17.5 Å². The van der Waals surface area contributed by atoms with E-state index in [-0.39, 0.29) is 22.8 Å². The Kier molecular flexibility index (Phi) is 5.46. The third kappa shape index (κ3) is 3.99. The summed E-state index contributed by atoms with van der Waals surface area (Å²) >= 11 is 0. The molecule has 2 rings (SSSR count). The van der Waals surface area contributed by atoms with Crippen molar-refractivity contribution in [1.82, 2.24) is 15.8 Å². The van der Waals surface area contributed by atoms with Crippen molar-refractivity contribution in [3.05, 3.63) is 57.9 Å². The number of nitrogens with one attached hydrogen (secondary N) is 2. The van der Waals surface area contributed by atoms with Gasteiger partial charge in [-0.15, -0.1) is 0 Å². The molecule has 2 amide bonds. The molecule has 1 aromatic carbocycles. The van der Waals surface area contributed by atoms with Crippen molar-refractivity contribution in [2.24, 2.45) is 0 Å². The molecule has 0 fully saturated rings. The van der Waals surface area contributed by atoms with Gasteiger partial charge in [0.15, 0.2) is 11.5 Å². The highest BCUT2D eigenvalue weighted by Gasteiger charge is 2.25. The Bertz CT molecular complexity index is 809. The monoisotopic (exact) mass is 346 g/mol. The number of nitro groups is 1. The van der Waals surface area contributed by atoms with Gasteiger partial charge in [-0.2, -0.15) is 0 Å². The van der Waals surface area contributed by atoms with Crippen LogP contribution in [0.15, 0.2) is 36.5 Å². The summed E-state index contributed by atoms with van der Waals surface area (Å²) in [5.41, 5.74) is 3.51. The molecule has 0 spiro atoms. The normalized spacial score (nSPS) is 9.84. The maximum atomic E-state index is 12.2. The molecule has 0 bridgehead atoms. The van der Waals surface area contributed by atoms with Crippen LogP contribution in [0.5, 0.6) is 11.5 Å². The fourth-order valence-electron chi connectivity index (χ4n) is 1.94. The maximum Gasteiger partial charge on any atom is 0.288 e. The number of benzene rings is 1. The molecule has 0 saturated carbocycles. The molecule has 10 heteroatoms. The molecule has 0 aliphatic carbocycles. The Hall–Kier alpha value is -3.69. The first-order valence-corrected chi connectivity index (χ1v) is 6.90. The molecule has 1 aromatic heterocycles. The van der Waals surface area contributed by atoms with Gasteiger partial charge in [0.2, 0.25) is 0 Å². The number of hydrazine groups is 1. The molecule has 0 aliphatic heterocycles. The average Bonchev–Trinajstić information content (AvgIpc) is 2.65. The lowest BCUT2D eigenvalue weighted by Crippen LogP contribution is -2.42. The van der Waals surface area contributed by atoms with E-state index in [0.717, 1.165) is 12.1 Å². The zero-order valence-electron chi connectivity index (χ0n) is 13.3. The number of aromatic nitrogens is 1. The van der Waals surface area contributed by atoms with Gasteiger partial charge in [-0.05, 0) is 12.1 Å². The topological polar surface area (TPSA) is 133 Å². The molecule has 25 heavy (non-hydrogen) atoms. The van der Waals surface area contributed by atoms with E-state index >= 15 is 0 Å². The number of amides is 2. The van der Waals surface area contributed by atoms with Gasteiger partial charge in [-0.25, -0.2) is 0 Å². The van der Waals surface area contributed by atoms with Crippen molar-refractivity contribution in [1.29, 1.82) is 0 Å². The number of methoxy groups -OCH3 is 2. The molecule has 0 saturated heterocycles. The Morgan fingerprint density at radius 2 is 1.72 bits per heavy atom. The molecule has 130 valence electrons. The van der Waals surface area contributed by atoms with E-state index in [9.17, 15) is 19.7 Å². The van der Waals surface area contributed by atoms with Crippen LogP contribution in [0.25, 0.3) is 0 Å². The van der Waals surface area contributed by atoms with E-state index in [2.05, 4.69) is 15.8 Å². The summed E-state index contributed by atoms with van der Waals surface area (Å²) in [7, 11) is 2.64. The van der Waals surface area contributed by atoms with Gasteiger partial charge in [0, 0.05) is 12.3 Å². The molecule has 2 aromatic rings. The number of rotatable bonds is 5. The number of nitrogens with zero attached hydrogens (tertiary/aromatic N) is 2. The summed E-state index contributed by atoms with van der Waals surface area (Å²) in [4.78, 5) is 38.3. The quantitative estimate of drug-likeness (QED) is 0.611. The summed E-state index contributed by atoms with van der Waals surface area (Å²) in [6.45, 7) is 0. The predicted octanol–water partition coefficient (Wildman–Crippen LogP) is 1.08. The van der Waals surface area contributed by atoms with Gasteiger partial charge >= 0.3 is 0 Å². The predicted molar refractivity (Wildman–Crippen MR) is 85.4 cm³/mol. The Balaban J connectivity index is 2.23. The van der Waals surface area contributed by atoms with Gasteiger partial charge in [0.05, 0.1) is 25.2 Å². The van der Waals surface area contributed by atoms with Crippen LogP contribution in [-0.2, 0) is 0 Å².